The van der Waals surface area contributed by atoms with Crippen LogP contribution in [0.2, 0.25) is 0 Å². The van der Waals surface area contributed by atoms with Gasteiger partial charge in [-0.3, -0.25) is 24.2 Å². The zero-order chi connectivity index (χ0) is 96.0. The number of carbonyl (C=O) groups is 1. The van der Waals surface area contributed by atoms with Crippen molar-refractivity contribution in [3.8, 4) is 46.6 Å². The molecule has 7 N–H and O–H groups in total. The van der Waals surface area contributed by atoms with E-state index in [4.69, 9.17) is 33.5 Å². The summed E-state index contributed by atoms with van der Waals surface area (Å²) in [7, 11) is 11.4. The number of hydrogen-bond donors (Lipinski definition) is 7. The molecule has 17 rings (SSSR count). The highest BCUT2D eigenvalue weighted by atomic mass is 19.1. The fourth-order valence-electron chi connectivity index (χ4n) is 12.1. The minimum Gasteiger partial charge on any atom is -0.503 e. The zero-order valence-electron chi connectivity index (χ0n) is 72.5. The van der Waals surface area contributed by atoms with Gasteiger partial charge in [-0.2, -0.15) is 10.3 Å². The first-order chi connectivity index (χ1) is 64.3. The van der Waals surface area contributed by atoms with Crippen molar-refractivity contribution in [3.63, 3.8) is 0 Å². The molecule has 8 aromatic heterocycles. The van der Waals surface area contributed by atoms with Gasteiger partial charge >= 0.3 is 0 Å². The minimum absolute atomic E-state index is 0.000369. The highest BCUT2D eigenvalue weighted by Crippen LogP contribution is 2.26. The maximum atomic E-state index is 12.9. The van der Waals surface area contributed by atoms with Crippen molar-refractivity contribution in [2.45, 2.75) is 51.9 Å². The summed E-state index contributed by atoms with van der Waals surface area (Å²) in [6.45, 7) is 13.1. The van der Waals surface area contributed by atoms with Crippen LogP contribution in [0.25, 0.3) is 60.6 Å². The lowest BCUT2D eigenvalue weighted by molar-refractivity contribution is 0.0974. The average molecular weight is 1830 g/mol. The molecule has 3 aliphatic rings. The number of nitrogens with one attached hydrogen (secondary N) is 3. The Morgan fingerprint density at radius 3 is 1.09 bits per heavy atom. The van der Waals surface area contributed by atoms with Gasteiger partial charge in [-0.15, -0.1) is 35.7 Å². The van der Waals surface area contributed by atoms with Crippen LogP contribution in [0.15, 0.2) is 237 Å². The van der Waals surface area contributed by atoms with Crippen LogP contribution in [0.1, 0.15) is 67.6 Å². The van der Waals surface area contributed by atoms with Gasteiger partial charge in [0.05, 0.1) is 86.1 Å². The van der Waals surface area contributed by atoms with Crippen molar-refractivity contribution in [2.24, 2.45) is 72.7 Å². The molecule has 134 heavy (non-hydrogen) atoms. The van der Waals surface area contributed by atoms with Crippen LogP contribution in [0, 0.1) is 47.5 Å². The standard InChI is InChI=1S/C15H11FN6O2.3C15H13FN4O2.C15H16FN3O2.C15H15N5O3/c1-22-8-19-12(13(23)14(22)18-7-17)15-21-20-11(24-15)6-9-2-4-10(16)5-3-9;3*1-9-14(21)13(17-8-20(9)2)15-19-18-12(22-15)7-10-3-5-11(16)6-4-10;1-17-15-14(21)13(18-9-19(15)2)12(20)8-5-10-3-6-11(16)7-4-10;1-9-3-5-10(6-4-9)7-11-17-18-15(23-11)12-13(21)14(19-22)20(2)8-16-12/h2-5,8,23H,6H2,1H3;3*3-6,8,19H,1,7H2,2H3;3-4,6-7,9,21H,5,8H2,1-2H3;3-6,8,21-22H,7H2,1-2H3/b;;;;;19-14+. The van der Waals surface area contributed by atoms with E-state index in [0.29, 0.717) is 83.6 Å². The Morgan fingerprint density at radius 1 is 0.425 bits per heavy atom. The number of aryl methyl sites for hydroxylation is 8. The summed E-state index contributed by atoms with van der Waals surface area (Å²) in [5, 5.41) is 79.8. The number of benzene rings is 6. The Bertz CT molecular complexity index is 7320. The number of Topliss-reactive ketones (excluding diaryl/α,β-unsaturated/α-hetero) is 1. The number of ether oxygens (including phenoxy) is 3. The molecule has 684 valence electrons. The van der Waals surface area contributed by atoms with Crippen molar-refractivity contribution < 1.29 is 70.3 Å². The van der Waals surface area contributed by atoms with Crippen LogP contribution >= 0.6 is 0 Å². The third kappa shape index (κ3) is 24.2. The van der Waals surface area contributed by atoms with E-state index in [1.54, 1.807) is 109 Å². The molecule has 14 aromatic rings. The highest BCUT2D eigenvalue weighted by Gasteiger charge is 2.24. The third-order valence-corrected chi connectivity index (χ3v) is 19.5. The molecule has 0 spiro atoms. The second-order valence-corrected chi connectivity index (χ2v) is 29.2. The van der Waals surface area contributed by atoms with E-state index < -0.39 is 0 Å². The molecule has 3 aliphatic heterocycles. The maximum absolute atomic E-state index is 12.9. The molecule has 0 saturated carbocycles. The quantitative estimate of drug-likeness (QED) is 0.0240. The molecular formula is C90H81F5N26O13. The first-order valence-electron chi connectivity index (χ1n) is 39.8. The van der Waals surface area contributed by atoms with Crippen LogP contribution in [0.4, 0.5) is 22.0 Å². The molecule has 0 aliphatic carbocycles. The smallest absolute Gasteiger partial charge is 0.270 e. The number of aromatic hydroxyl groups is 3. The highest BCUT2D eigenvalue weighted by molar-refractivity contribution is 5.96. The lowest BCUT2D eigenvalue weighted by Gasteiger charge is -2.06. The van der Waals surface area contributed by atoms with Crippen molar-refractivity contribution in [3.05, 3.63) is 348 Å². The molecule has 44 heteroatoms. The molecule has 0 unspecified atom stereocenters. The SMILES string of the molecule is C=c1c(=O)c(=C2NN=C(Cc3ccc(F)cc3)O2)ncn1C.C=c1c(=O)c(=C2NN=C(Cc3ccc(F)cc3)O2)ncn1C.C=c1c(=O)c(=C2NN=C(Cc3ccc(F)cc3)O2)ncn1C.CN=c1c(O)c(C(=O)CCc2ccc(F)cc2)ncn1C.Cc1ccc(Cc2nnc(-c3ncn(C)/c(=N/O)c3O)o2)cc1.Cn1cnc(-c2nnc(Cc3ccc(F)cc3)o2)c(O)c1=NC#N. The topological polar surface area (TPSA) is 496 Å². The predicted molar refractivity (Wildman–Crippen MR) is 472 cm³/mol. The Labute approximate surface area is 753 Å². The molecule has 0 radical (unpaired) electrons. The molecule has 0 amide bonds. The van der Waals surface area contributed by atoms with Crippen molar-refractivity contribution in [1.29, 1.82) is 5.26 Å². The number of hydrazone groups is 3. The lowest BCUT2D eigenvalue weighted by Crippen LogP contribution is -2.46. The van der Waals surface area contributed by atoms with Gasteiger partial charge in [0.2, 0.25) is 75.1 Å². The lowest BCUT2D eigenvalue weighted by atomic mass is 10.1. The van der Waals surface area contributed by atoms with Crippen LogP contribution < -0.4 is 81.1 Å². The van der Waals surface area contributed by atoms with E-state index in [0.717, 1.165) is 33.4 Å². The number of nitrogens with zero attached hydrogens (tertiary/aromatic N) is 23. The maximum Gasteiger partial charge on any atom is 0.270 e. The van der Waals surface area contributed by atoms with Crippen molar-refractivity contribution in [2.75, 3.05) is 7.05 Å². The fraction of sp³-hybridized carbons (Fsp3) is 0.167. The monoisotopic (exact) mass is 1830 g/mol. The van der Waals surface area contributed by atoms with Crippen LogP contribution in [-0.2, 0) is 95.0 Å². The van der Waals surface area contributed by atoms with E-state index in [1.165, 1.54) is 139 Å². The molecular weight excluding hydrogens is 1750 g/mol. The largest absolute Gasteiger partial charge is 0.503 e. The van der Waals surface area contributed by atoms with Gasteiger partial charge < -0.3 is 71.0 Å². The van der Waals surface area contributed by atoms with Crippen LogP contribution in [0.5, 0.6) is 17.2 Å². The zero-order valence-corrected chi connectivity index (χ0v) is 72.5. The van der Waals surface area contributed by atoms with Crippen molar-refractivity contribution in [1.82, 2.24) is 94.0 Å². The number of rotatable bonds is 16. The van der Waals surface area contributed by atoms with Gasteiger partial charge in [0.15, 0.2) is 67.1 Å². The summed E-state index contributed by atoms with van der Waals surface area (Å²) in [6.07, 6.45) is 12.8. The first kappa shape index (κ1) is 95.0. The van der Waals surface area contributed by atoms with E-state index in [1.807, 2.05) is 31.2 Å². The molecule has 11 heterocycles. The van der Waals surface area contributed by atoms with Crippen LogP contribution in [0.3, 0.4) is 0 Å². The summed E-state index contributed by atoms with van der Waals surface area (Å²) in [6, 6.07) is 37.9. The molecule has 0 fully saturated rings. The molecule has 0 atom stereocenters. The summed E-state index contributed by atoms with van der Waals surface area (Å²) in [4.78, 5) is 80.0. The molecule has 6 aromatic carbocycles. The molecule has 0 bridgehead atoms. The number of hydrogen-bond acceptors (Lipinski definition) is 33. The minimum atomic E-state index is -0.335. The summed E-state index contributed by atoms with van der Waals surface area (Å²) in [5.41, 5.74) is 13.7. The van der Waals surface area contributed by atoms with E-state index >= 15 is 0 Å². The number of ketones is 1. The van der Waals surface area contributed by atoms with Gasteiger partial charge in [0, 0.05) is 55.8 Å². The Hall–Kier alpha value is -18.1. The van der Waals surface area contributed by atoms with E-state index in [-0.39, 0.29) is 154 Å². The van der Waals surface area contributed by atoms with Gasteiger partial charge in [-0.05, 0) is 107 Å². The van der Waals surface area contributed by atoms with Gasteiger partial charge in [-0.1, -0.05) is 115 Å². The van der Waals surface area contributed by atoms with Crippen molar-refractivity contribution >= 4 is 60.9 Å². The molecule has 39 nitrogen and oxygen atoms in total. The van der Waals surface area contributed by atoms with E-state index in [9.17, 15) is 56.4 Å². The Morgan fingerprint density at radius 2 is 0.739 bits per heavy atom. The second kappa shape index (κ2) is 43.6. The first-order valence-corrected chi connectivity index (χ1v) is 39.8. The van der Waals surface area contributed by atoms with Gasteiger partial charge in [0.1, 0.15) is 29.1 Å². The fourth-order valence-corrected chi connectivity index (χ4v) is 12.1. The summed E-state index contributed by atoms with van der Waals surface area (Å²) in [5.74, 6) is -0.302. The number of carbonyl (C=O) groups excluding carboxylic acids is 1. The number of halogens is 5. The Balaban J connectivity index is 0.000000145. The normalized spacial score (nSPS) is 13.8. The van der Waals surface area contributed by atoms with Crippen LogP contribution in [-0.4, -0.2) is 129 Å². The Kier molecular flexibility index (Phi) is 30.9. The summed E-state index contributed by atoms with van der Waals surface area (Å²) < 4.78 is 101. The van der Waals surface area contributed by atoms with Gasteiger partial charge in [-0.25, -0.2) is 68.1 Å². The van der Waals surface area contributed by atoms with Gasteiger partial charge in [0.25, 0.3) is 11.8 Å². The predicted octanol–water partition coefficient (Wildman–Crippen LogP) is 2.98. The third-order valence-electron chi connectivity index (χ3n) is 19.5. The second-order valence-electron chi connectivity index (χ2n) is 29.2. The van der Waals surface area contributed by atoms with E-state index in [2.05, 4.69) is 117 Å². The number of nitriles is 1. The molecule has 0 saturated heterocycles. The number of aromatic nitrogens is 16. The average Bonchev–Trinajstić information content (AvgIpc) is 1.69. The summed E-state index contributed by atoms with van der Waals surface area (Å²) >= 11 is 0.